The summed E-state index contributed by atoms with van der Waals surface area (Å²) >= 11 is 0. The number of hydrogen-bond donors (Lipinski definition) is 3. The molecule has 9 heteroatoms. The van der Waals surface area contributed by atoms with Crippen molar-refractivity contribution >= 4 is 16.7 Å². The molecule has 0 saturated heterocycles. The smallest absolute Gasteiger partial charge is 0.321 e. The number of aromatic nitrogens is 2. The van der Waals surface area contributed by atoms with Crippen molar-refractivity contribution in [3.05, 3.63) is 64.3 Å². The van der Waals surface area contributed by atoms with Crippen LogP contribution < -0.4 is 17.1 Å². The summed E-state index contributed by atoms with van der Waals surface area (Å²) < 4.78 is 31.2. The van der Waals surface area contributed by atoms with Gasteiger partial charge in [-0.15, -0.1) is 0 Å². The van der Waals surface area contributed by atoms with Crippen molar-refractivity contribution in [2.24, 2.45) is 16.8 Å². The lowest BCUT2D eigenvalue weighted by atomic mass is 9.98. The van der Waals surface area contributed by atoms with Crippen molar-refractivity contribution < 1.29 is 8.78 Å². The van der Waals surface area contributed by atoms with Crippen LogP contribution in [-0.2, 0) is 12.5 Å². The Morgan fingerprint density at radius 3 is 2.77 bits per heavy atom. The molecular weight excluding hydrogens is 388 g/mol. The molecule has 154 valence electrons. The van der Waals surface area contributed by atoms with E-state index >= 15 is 0 Å². The fourth-order valence-electron chi connectivity index (χ4n) is 3.81. The Morgan fingerprint density at radius 1 is 1.37 bits per heavy atom. The van der Waals surface area contributed by atoms with Gasteiger partial charge in [0.2, 0.25) is 5.84 Å². The lowest BCUT2D eigenvalue weighted by Crippen LogP contribution is -2.43. The molecule has 1 heterocycles. The number of rotatable bonds is 5. The van der Waals surface area contributed by atoms with Crippen LogP contribution in [0.25, 0.3) is 10.9 Å². The summed E-state index contributed by atoms with van der Waals surface area (Å²) in [5.41, 5.74) is 5.38. The summed E-state index contributed by atoms with van der Waals surface area (Å²) in [4.78, 5) is 0. The van der Waals surface area contributed by atoms with Crippen LogP contribution >= 0.6 is 0 Å². The van der Waals surface area contributed by atoms with Crippen LogP contribution in [0, 0.1) is 18.3 Å². The van der Waals surface area contributed by atoms with Crippen LogP contribution in [0.4, 0.5) is 8.78 Å². The molecule has 30 heavy (non-hydrogen) atoms. The Bertz CT molecular complexity index is 1190. The number of halogens is 2. The first-order chi connectivity index (χ1) is 14.4. The standard InChI is InChI=1S/C21H21F2N7/c1-12-16-8-7-15(21(22,23)20(27-25)28-26)9-19(16)30(29-12)11-18-14(10-24)3-2-4-17(18)13-5-6-13/h2-4,7-9,13H,5-6,11,25-26H2,1H3,(H,27,28). The molecule has 1 aromatic heterocycles. The third kappa shape index (κ3) is 3.25. The van der Waals surface area contributed by atoms with Crippen molar-refractivity contribution in [3.8, 4) is 6.07 Å². The van der Waals surface area contributed by atoms with Crippen LogP contribution in [0.2, 0.25) is 0 Å². The van der Waals surface area contributed by atoms with E-state index in [-0.39, 0.29) is 5.56 Å². The first-order valence-corrected chi connectivity index (χ1v) is 9.53. The largest absolute Gasteiger partial charge is 0.332 e. The predicted octanol–water partition coefficient (Wildman–Crippen LogP) is 2.97. The van der Waals surface area contributed by atoms with E-state index in [0.717, 1.165) is 29.4 Å². The van der Waals surface area contributed by atoms with Crippen LogP contribution in [0.15, 0.2) is 41.5 Å². The average molecular weight is 409 g/mol. The highest BCUT2D eigenvalue weighted by Crippen LogP contribution is 2.42. The monoisotopic (exact) mass is 409 g/mol. The van der Waals surface area contributed by atoms with E-state index in [9.17, 15) is 14.0 Å². The fraction of sp³-hybridized carbons (Fsp3) is 0.286. The van der Waals surface area contributed by atoms with Gasteiger partial charge in [-0.2, -0.15) is 24.2 Å². The van der Waals surface area contributed by atoms with Crippen LogP contribution in [0.3, 0.4) is 0 Å². The van der Waals surface area contributed by atoms with Gasteiger partial charge in [-0.3, -0.25) is 4.68 Å². The van der Waals surface area contributed by atoms with E-state index in [2.05, 4.69) is 16.3 Å². The zero-order chi connectivity index (χ0) is 21.5. The second-order valence-electron chi connectivity index (χ2n) is 7.43. The minimum absolute atomic E-state index is 0.311. The quantitative estimate of drug-likeness (QED) is 0.259. The molecule has 0 bridgehead atoms. The number of hydrogen-bond acceptors (Lipinski definition) is 5. The van der Waals surface area contributed by atoms with Crippen molar-refractivity contribution in [2.45, 2.75) is 38.2 Å². The Labute approximate surface area is 171 Å². The number of nitriles is 1. The van der Waals surface area contributed by atoms with Gasteiger partial charge < -0.3 is 11.3 Å². The van der Waals surface area contributed by atoms with E-state index in [1.807, 2.05) is 24.5 Å². The molecule has 1 aliphatic rings. The lowest BCUT2D eigenvalue weighted by Gasteiger charge is -2.18. The molecule has 0 atom stereocenters. The molecule has 0 aliphatic heterocycles. The molecular formula is C21H21F2N7. The highest BCUT2D eigenvalue weighted by Gasteiger charge is 2.39. The maximum atomic E-state index is 14.8. The van der Waals surface area contributed by atoms with Crippen LogP contribution in [-0.4, -0.2) is 15.6 Å². The molecule has 4 rings (SSSR count). The third-order valence-corrected chi connectivity index (χ3v) is 5.52. The molecule has 0 unspecified atom stereocenters. The summed E-state index contributed by atoms with van der Waals surface area (Å²) in [7, 11) is 0. The number of nitrogens with one attached hydrogen (secondary N) is 1. The van der Waals surface area contributed by atoms with E-state index < -0.39 is 11.8 Å². The molecule has 5 N–H and O–H groups in total. The van der Waals surface area contributed by atoms with Gasteiger partial charge in [-0.1, -0.05) is 24.3 Å². The Balaban J connectivity index is 1.83. The number of benzene rings is 2. The van der Waals surface area contributed by atoms with Crippen molar-refractivity contribution in [1.82, 2.24) is 15.2 Å². The molecule has 3 aromatic rings. The molecule has 0 radical (unpaired) electrons. The Morgan fingerprint density at radius 2 is 2.13 bits per heavy atom. The van der Waals surface area contributed by atoms with Crippen LogP contribution in [0.1, 0.15) is 46.7 Å². The average Bonchev–Trinajstić information content (AvgIpc) is 3.54. The van der Waals surface area contributed by atoms with Gasteiger partial charge in [0.05, 0.1) is 29.4 Å². The number of aryl methyl sites for hydroxylation is 1. The number of fused-ring (bicyclic) bond motifs is 1. The van der Waals surface area contributed by atoms with Gasteiger partial charge in [0.25, 0.3) is 0 Å². The maximum Gasteiger partial charge on any atom is 0.332 e. The first-order valence-electron chi connectivity index (χ1n) is 9.53. The summed E-state index contributed by atoms with van der Waals surface area (Å²) in [6.07, 6.45) is 2.18. The maximum absolute atomic E-state index is 14.8. The number of amidine groups is 1. The molecule has 7 nitrogen and oxygen atoms in total. The van der Waals surface area contributed by atoms with Gasteiger partial charge in [-0.05, 0) is 48.9 Å². The molecule has 1 fully saturated rings. The second kappa shape index (κ2) is 7.39. The van der Waals surface area contributed by atoms with E-state index in [1.165, 1.54) is 12.1 Å². The summed E-state index contributed by atoms with van der Waals surface area (Å²) in [6, 6.07) is 12.2. The van der Waals surface area contributed by atoms with Gasteiger partial charge in [0, 0.05) is 10.9 Å². The minimum Gasteiger partial charge on any atom is -0.321 e. The Kier molecular flexibility index (Phi) is 4.87. The van der Waals surface area contributed by atoms with Gasteiger partial charge in [0.1, 0.15) is 0 Å². The van der Waals surface area contributed by atoms with E-state index in [1.54, 1.807) is 16.8 Å². The number of nitrogens with two attached hydrogens (primary N) is 2. The van der Waals surface area contributed by atoms with Crippen molar-refractivity contribution in [2.75, 3.05) is 0 Å². The van der Waals surface area contributed by atoms with E-state index in [0.29, 0.717) is 29.2 Å². The van der Waals surface area contributed by atoms with Crippen LogP contribution in [0.5, 0.6) is 0 Å². The second-order valence-corrected chi connectivity index (χ2v) is 7.43. The zero-order valence-corrected chi connectivity index (χ0v) is 16.4. The van der Waals surface area contributed by atoms with E-state index in [4.69, 9.17) is 11.7 Å². The van der Waals surface area contributed by atoms with Gasteiger partial charge >= 0.3 is 5.92 Å². The molecule has 0 amide bonds. The van der Waals surface area contributed by atoms with Crippen molar-refractivity contribution in [1.29, 1.82) is 5.26 Å². The van der Waals surface area contributed by atoms with Gasteiger partial charge in [-0.25, -0.2) is 5.84 Å². The minimum atomic E-state index is -3.50. The fourth-order valence-corrected chi connectivity index (χ4v) is 3.81. The highest BCUT2D eigenvalue weighted by atomic mass is 19.3. The first kappa shape index (κ1) is 19.8. The lowest BCUT2D eigenvalue weighted by molar-refractivity contribution is 0.0714. The summed E-state index contributed by atoms with van der Waals surface area (Å²) in [5, 5.41) is 18.0. The topological polar surface area (TPSA) is 118 Å². The number of hydrazine groups is 1. The zero-order valence-electron chi connectivity index (χ0n) is 16.4. The van der Waals surface area contributed by atoms with Crippen molar-refractivity contribution in [3.63, 3.8) is 0 Å². The van der Waals surface area contributed by atoms with Gasteiger partial charge in [0.15, 0.2) is 0 Å². The normalized spacial score (nSPS) is 14.7. The molecule has 2 aromatic carbocycles. The molecule has 0 spiro atoms. The number of nitrogens with zero attached hydrogens (tertiary/aromatic N) is 4. The highest BCUT2D eigenvalue weighted by molar-refractivity contribution is 5.91. The molecule has 1 saturated carbocycles. The summed E-state index contributed by atoms with van der Waals surface area (Å²) in [5.74, 6) is 6.31. The number of alkyl halides is 2. The summed E-state index contributed by atoms with van der Waals surface area (Å²) in [6.45, 7) is 2.14. The Hall–Kier alpha value is -3.51. The SMILES string of the molecule is Cc1nn(Cc2c(C#N)cccc2C2CC2)c2cc(C(F)(F)/C(=N/N)NN)ccc12. The third-order valence-electron chi connectivity index (χ3n) is 5.52. The molecule has 1 aliphatic carbocycles. The number of hydrazone groups is 1. The predicted molar refractivity (Wildman–Crippen MR) is 110 cm³/mol.